The lowest BCUT2D eigenvalue weighted by Gasteiger charge is -2.08. The molecule has 0 atom stereocenters. The molecule has 0 aliphatic carbocycles. The highest BCUT2D eigenvalue weighted by Gasteiger charge is 2.13. The van der Waals surface area contributed by atoms with Gasteiger partial charge in [0.05, 0.1) is 30.9 Å². The van der Waals surface area contributed by atoms with Gasteiger partial charge in [-0.2, -0.15) is 0 Å². The number of unbranched alkanes of at least 4 members (excludes halogenated alkanes) is 1. The maximum absolute atomic E-state index is 14.0. The summed E-state index contributed by atoms with van der Waals surface area (Å²) in [6.45, 7) is 2.42. The zero-order chi connectivity index (χ0) is 15.9. The van der Waals surface area contributed by atoms with E-state index < -0.39 is 5.82 Å². The first-order valence-corrected chi connectivity index (χ1v) is 7.29. The Morgan fingerprint density at radius 3 is 2.91 bits per heavy atom. The van der Waals surface area contributed by atoms with Gasteiger partial charge in [0.1, 0.15) is 5.82 Å². The minimum Gasteiger partial charge on any atom is -0.481 e. The van der Waals surface area contributed by atoms with Gasteiger partial charge >= 0.3 is 5.97 Å². The molecule has 2 heterocycles. The van der Waals surface area contributed by atoms with Gasteiger partial charge < -0.3 is 9.47 Å². The fraction of sp³-hybridized carbons (Fsp3) is 0.438. The number of fused-ring (bicyclic) bond motifs is 1. The van der Waals surface area contributed by atoms with Gasteiger partial charge in [-0.3, -0.25) is 9.78 Å². The number of ether oxygens (including phenoxy) is 2. The summed E-state index contributed by atoms with van der Waals surface area (Å²) < 4.78 is 24.2. The van der Waals surface area contributed by atoms with E-state index in [1.165, 1.54) is 7.11 Å². The summed E-state index contributed by atoms with van der Waals surface area (Å²) in [5.41, 5.74) is 1.34. The Morgan fingerprint density at radius 1 is 1.36 bits per heavy atom. The molecule has 5 nitrogen and oxygen atoms in total. The third-order valence-corrected chi connectivity index (χ3v) is 3.29. The summed E-state index contributed by atoms with van der Waals surface area (Å²) in [6, 6.07) is 3.37. The zero-order valence-corrected chi connectivity index (χ0v) is 12.8. The molecular formula is C16H19FN2O3. The number of carbonyl (C=O) groups is 1. The summed E-state index contributed by atoms with van der Waals surface area (Å²) in [4.78, 5) is 19.9. The SMILES string of the molecule is CCCCOC(=O)CCc1c(F)cnc2ccc(OC)nc12. The van der Waals surface area contributed by atoms with Crippen LogP contribution in [0.25, 0.3) is 11.0 Å². The van der Waals surface area contributed by atoms with Gasteiger partial charge in [-0.25, -0.2) is 9.37 Å². The molecule has 0 saturated carbocycles. The molecule has 0 spiro atoms. The average molecular weight is 306 g/mol. The van der Waals surface area contributed by atoms with Gasteiger partial charge in [0.25, 0.3) is 0 Å². The molecule has 0 bridgehead atoms. The molecule has 0 saturated heterocycles. The van der Waals surface area contributed by atoms with Gasteiger partial charge in [-0.15, -0.1) is 0 Å². The molecule has 0 amide bonds. The molecule has 118 valence electrons. The van der Waals surface area contributed by atoms with Crippen LogP contribution in [0.2, 0.25) is 0 Å². The monoisotopic (exact) mass is 306 g/mol. The van der Waals surface area contributed by atoms with E-state index in [9.17, 15) is 9.18 Å². The zero-order valence-electron chi connectivity index (χ0n) is 12.8. The van der Waals surface area contributed by atoms with Crippen LogP contribution in [0, 0.1) is 5.82 Å². The van der Waals surface area contributed by atoms with Crippen LogP contribution in [0.3, 0.4) is 0 Å². The maximum atomic E-state index is 14.0. The van der Waals surface area contributed by atoms with Crippen LogP contribution in [0.5, 0.6) is 5.88 Å². The molecule has 0 aromatic carbocycles. The number of rotatable bonds is 7. The molecule has 0 N–H and O–H groups in total. The second-order valence-corrected chi connectivity index (χ2v) is 4.88. The van der Waals surface area contributed by atoms with Crippen molar-refractivity contribution in [1.29, 1.82) is 0 Å². The van der Waals surface area contributed by atoms with Crippen molar-refractivity contribution in [2.45, 2.75) is 32.6 Å². The largest absolute Gasteiger partial charge is 0.481 e. The van der Waals surface area contributed by atoms with Gasteiger partial charge in [0.15, 0.2) is 0 Å². The molecule has 6 heteroatoms. The van der Waals surface area contributed by atoms with E-state index in [1.54, 1.807) is 12.1 Å². The van der Waals surface area contributed by atoms with Crippen molar-refractivity contribution in [3.8, 4) is 5.88 Å². The second kappa shape index (κ2) is 7.68. The lowest BCUT2D eigenvalue weighted by molar-refractivity contribution is -0.143. The summed E-state index contributed by atoms with van der Waals surface area (Å²) in [5.74, 6) is -0.429. The lowest BCUT2D eigenvalue weighted by Crippen LogP contribution is -2.08. The Balaban J connectivity index is 2.15. The van der Waals surface area contributed by atoms with Gasteiger partial charge in [-0.1, -0.05) is 13.3 Å². The van der Waals surface area contributed by atoms with Crippen LogP contribution in [-0.4, -0.2) is 29.7 Å². The third kappa shape index (κ3) is 3.90. The first-order chi connectivity index (χ1) is 10.7. The maximum Gasteiger partial charge on any atom is 0.306 e. The van der Waals surface area contributed by atoms with Crippen LogP contribution in [0.1, 0.15) is 31.7 Å². The minimum absolute atomic E-state index is 0.110. The summed E-state index contributed by atoms with van der Waals surface area (Å²) in [6.07, 6.45) is 3.26. The van der Waals surface area contributed by atoms with Crippen molar-refractivity contribution < 1.29 is 18.7 Å². The summed E-state index contributed by atoms with van der Waals surface area (Å²) in [7, 11) is 1.49. The van der Waals surface area contributed by atoms with E-state index >= 15 is 0 Å². The Kier molecular flexibility index (Phi) is 5.63. The molecule has 22 heavy (non-hydrogen) atoms. The number of carbonyl (C=O) groups excluding carboxylic acids is 1. The van der Waals surface area contributed by atoms with Gasteiger partial charge in [0.2, 0.25) is 5.88 Å². The number of aryl methyl sites for hydroxylation is 1. The molecule has 0 unspecified atom stereocenters. The molecule has 0 aliphatic heterocycles. The van der Waals surface area contributed by atoms with E-state index in [0.29, 0.717) is 29.1 Å². The fourth-order valence-corrected chi connectivity index (χ4v) is 2.06. The molecular weight excluding hydrogens is 287 g/mol. The smallest absolute Gasteiger partial charge is 0.306 e. The third-order valence-electron chi connectivity index (χ3n) is 3.29. The van der Waals surface area contributed by atoms with Crippen molar-refractivity contribution in [2.75, 3.05) is 13.7 Å². The highest BCUT2D eigenvalue weighted by molar-refractivity contribution is 5.79. The number of nitrogens with zero attached hydrogens (tertiary/aromatic N) is 2. The number of methoxy groups -OCH3 is 1. The van der Waals surface area contributed by atoms with Crippen LogP contribution in [-0.2, 0) is 16.0 Å². The summed E-state index contributed by atoms with van der Waals surface area (Å²) in [5, 5.41) is 0. The van der Waals surface area contributed by atoms with Crippen molar-refractivity contribution in [1.82, 2.24) is 9.97 Å². The van der Waals surface area contributed by atoms with E-state index in [1.807, 2.05) is 6.92 Å². The number of esters is 1. The molecule has 2 aromatic heterocycles. The Bertz CT molecular complexity index is 661. The van der Waals surface area contributed by atoms with Crippen molar-refractivity contribution in [3.05, 3.63) is 29.7 Å². The van der Waals surface area contributed by atoms with Crippen molar-refractivity contribution in [3.63, 3.8) is 0 Å². The molecule has 2 rings (SSSR count). The topological polar surface area (TPSA) is 61.3 Å². The predicted octanol–water partition coefficient (Wildman–Crippen LogP) is 3.05. The normalized spacial score (nSPS) is 10.7. The number of hydrogen-bond donors (Lipinski definition) is 0. The van der Waals surface area contributed by atoms with Crippen molar-refractivity contribution >= 4 is 17.0 Å². The average Bonchev–Trinajstić information content (AvgIpc) is 2.53. The van der Waals surface area contributed by atoms with Crippen LogP contribution >= 0.6 is 0 Å². The molecule has 2 aromatic rings. The Labute approximate surface area is 128 Å². The van der Waals surface area contributed by atoms with Crippen LogP contribution < -0.4 is 4.74 Å². The van der Waals surface area contributed by atoms with Gasteiger partial charge in [0, 0.05) is 18.1 Å². The van der Waals surface area contributed by atoms with E-state index in [4.69, 9.17) is 9.47 Å². The number of halogens is 1. The van der Waals surface area contributed by atoms with E-state index in [2.05, 4.69) is 9.97 Å². The second-order valence-electron chi connectivity index (χ2n) is 4.88. The standard InChI is InChI=1S/C16H19FN2O3/c1-3-4-9-22-15(20)8-5-11-12(17)10-18-13-6-7-14(21-2)19-16(11)13/h6-7,10H,3-5,8-9H2,1-2H3. The molecule has 0 radical (unpaired) electrons. The van der Waals surface area contributed by atoms with Crippen LogP contribution in [0.15, 0.2) is 18.3 Å². The first-order valence-electron chi connectivity index (χ1n) is 7.29. The minimum atomic E-state index is -0.477. The predicted molar refractivity (Wildman–Crippen MR) is 80.2 cm³/mol. The summed E-state index contributed by atoms with van der Waals surface area (Å²) >= 11 is 0. The van der Waals surface area contributed by atoms with E-state index in [-0.39, 0.29) is 18.8 Å². The highest BCUT2D eigenvalue weighted by Crippen LogP contribution is 2.22. The van der Waals surface area contributed by atoms with E-state index in [0.717, 1.165) is 19.0 Å². The van der Waals surface area contributed by atoms with Gasteiger partial charge in [-0.05, 0) is 18.9 Å². The van der Waals surface area contributed by atoms with Crippen molar-refractivity contribution in [2.24, 2.45) is 0 Å². The Hall–Kier alpha value is -2.24. The quantitative estimate of drug-likeness (QED) is 0.581. The molecule has 0 aliphatic rings. The molecule has 0 fully saturated rings. The fourth-order valence-electron chi connectivity index (χ4n) is 2.06. The Morgan fingerprint density at radius 2 is 2.18 bits per heavy atom. The number of aromatic nitrogens is 2. The first kappa shape index (κ1) is 16.1. The van der Waals surface area contributed by atoms with Crippen LogP contribution in [0.4, 0.5) is 4.39 Å². The number of pyridine rings is 2. The number of hydrogen-bond acceptors (Lipinski definition) is 5. The lowest BCUT2D eigenvalue weighted by atomic mass is 10.1. The highest BCUT2D eigenvalue weighted by atomic mass is 19.1.